The molecule has 0 saturated heterocycles. The summed E-state index contributed by atoms with van der Waals surface area (Å²) in [5, 5.41) is 7.44. The molecule has 2 aromatic heterocycles. The van der Waals surface area contributed by atoms with E-state index in [4.69, 9.17) is 4.99 Å². The number of halogens is 6. The molecule has 48 heavy (non-hydrogen) atoms. The zero-order valence-corrected chi connectivity index (χ0v) is 29.6. The van der Waals surface area contributed by atoms with Crippen molar-refractivity contribution in [3.8, 4) is 0 Å². The Morgan fingerprint density at radius 3 is 2.06 bits per heavy atom. The van der Waals surface area contributed by atoms with Gasteiger partial charge in [-0.15, -0.1) is 0 Å². The van der Waals surface area contributed by atoms with E-state index in [1.807, 2.05) is 23.1 Å². The summed E-state index contributed by atoms with van der Waals surface area (Å²) in [6.45, 7) is 12.6. The maximum absolute atomic E-state index is 13.4. The van der Waals surface area contributed by atoms with Gasteiger partial charge in [0.2, 0.25) is 5.49 Å². The molecule has 1 aromatic carbocycles. The standard InChI is InChI=1S/C34H35F6N7.Pt/c1-31(2,3)22-19-23(32(4,5)6)21-24(20-22)47(28-12-9-8-11-27(41-28)45-17-15-25(42-45)33(35,36)37)30-14-10-13-29(44(30)7)46-18-16-26(43-46)34(38,39)40;/h8,10-17,19-21H,9H2,1-7H3;. The Bertz CT molecular complexity index is 1890. The van der Waals surface area contributed by atoms with Crippen molar-refractivity contribution in [2.45, 2.75) is 71.1 Å². The van der Waals surface area contributed by atoms with Gasteiger partial charge in [-0.2, -0.15) is 36.5 Å². The van der Waals surface area contributed by atoms with Crippen molar-refractivity contribution in [3.63, 3.8) is 0 Å². The van der Waals surface area contributed by atoms with Crippen LogP contribution in [0.1, 0.15) is 64.8 Å². The molecule has 7 nitrogen and oxygen atoms in total. The van der Waals surface area contributed by atoms with Crippen molar-refractivity contribution >= 4 is 23.1 Å². The van der Waals surface area contributed by atoms with E-state index in [1.54, 1.807) is 42.0 Å². The fourth-order valence-corrected chi connectivity index (χ4v) is 4.95. The molecule has 0 amide bonds. The van der Waals surface area contributed by atoms with Gasteiger partial charge in [0.15, 0.2) is 17.3 Å². The van der Waals surface area contributed by atoms with Crippen LogP contribution in [0, 0.1) is 6.20 Å². The summed E-state index contributed by atoms with van der Waals surface area (Å²) in [5.74, 6) is 1.01. The van der Waals surface area contributed by atoms with E-state index in [2.05, 4.69) is 64.0 Å². The third kappa shape index (κ3) is 7.83. The number of anilines is 2. The van der Waals surface area contributed by atoms with Gasteiger partial charge >= 0.3 is 12.4 Å². The normalized spacial score (nSPS) is 16.6. The van der Waals surface area contributed by atoms with E-state index in [1.165, 1.54) is 6.20 Å². The molecule has 258 valence electrons. The zero-order valence-electron chi connectivity index (χ0n) is 27.3. The number of hydrogen-bond donors (Lipinski definition) is 0. The van der Waals surface area contributed by atoms with E-state index < -0.39 is 23.8 Å². The molecule has 3 aromatic rings. The van der Waals surface area contributed by atoms with Gasteiger partial charge in [-0.25, -0.2) is 14.4 Å². The number of nitrogens with zero attached hydrogens (tertiary/aromatic N) is 7. The maximum atomic E-state index is 13.4. The molecule has 0 unspecified atom stereocenters. The summed E-state index contributed by atoms with van der Waals surface area (Å²) >= 11 is 0. The number of alkyl halides is 6. The Balaban J connectivity index is 0.00000520. The Morgan fingerprint density at radius 1 is 0.875 bits per heavy atom. The van der Waals surface area contributed by atoms with Gasteiger partial charge in [0.05, 0.1) is 18.4 Å². The minimum absolute atomic E-state index is 0. The fraction of sp³-hybridized carbons (Fsp3) is 0.353. The van der Waals surface area contributed by atoms with Crippen LogP contribution < -0.4 is 15.1 Å². The van der Waals surface area contributed by atoms with Crippen LogP contribution in [-0.2, 0) is 45.1 Å². The Hall–Kier alpha value is -3.99. The number of aromatic nitrogens is 3. The first-order valence-corrected chi connectivity index (χ1v) is 14.8. The zero-order chi connectivity index (χ0) is 34.5. The molecular weight excluding hydrogens is 815 g/mol. The summed E-state index contributed by atoms with van der Waals surface area (Å²) in [4.78, 5) is 6.65. The molecule has 0 bridgehead atoms. The Labute approximate surface area is 289 Å². The average Bonchev–Trinajstić information content (AvgIpc) is 3.60. The molecule has 14 heteroatoms. The number of hydrogen-bond acceptors (Lipinski definition) is 4. The van der Waals surface area contributed by atoms with Crippen LogP contribution in [0.5, 0.6) is 0 Å². The van der Waals surface area contributed by atoms with Crippen molar-refractivity contribution < 1.29 is 47.4 Å². The van der Waals surface area contributed by atoms with Crippen LogP contribution in [0.2, 0.25) is 0 Å². The van der Waals surface area contributed by atoms with E-state index in [0.29, 0.717) is 23.7 Å². The first-order chi connectivity index (χ1) is 21.7. The largest absolute Gasteiger partial charge is 0.435 e. The van der Waals surface area contributed by atoms with Gasteiger partial charge in [-0.1, -0.05) is 65.8 Å². The summed E-state index contributed by atoms with van der Waals surface area (Å²) in [7, 11) is 1.68. The third-order valence-corrected chi connectivity index (χ3v) is 7.63. The van der Waals surface area contributed by atoms with Crippen LogP contribution in [0.3, 0.4) is 0 Å². The maximum Gasteiger partial charge on any atom is 0.435 e. The fourth-order valence-electron chi connectivity index (χ4n) is 4.95. The van der Waals surface area contributed by atoms with Gasteiger partial charge in [0, 0.05) is 39.5 Å². The third-order valence-electron chi connectivity index (χ3n) is 7.63. The topological polar surface area (TPSA) is 53.7 Å². The molecule has 0 radical (unpaired) electrons. The minimum Gasteiger partial charge on any atom is -0.267 e. The van der Waals surface area contributed by atoms with E-state index in [9.17, 15) is 26.3 Å². The van der Waals surface area contributed by atoms with Crippen LogP contribution in [0.25, 0.3) is 0 Å². The van der Waals surface area contributed by atoms with Gasteiger partial charge in [-0.05, 0) is 64.8 Å². The van der Waals surface area contributed by atoms with Crippen molar-refractivity contribution in [2.75, 3.05) is 4.90 Å². The van der Waals surface area contributed by atoms with Crippen molar-refractivity contribution in [2.24, 2.45) is 17.1 Å². The number of benzene rings is 1. The van der Waals surface area contributed by atoms with Crippen LogP contribution in [0.4, 0.5) is 37.8 Å². The number of rotatable bonds is 3. The summed E-state index contributed by atoms with van der Waals surface area (Å²) < 4.78 is 84.3. The van der Waals surface area contributed by atoms with Crippen molar-refractivity contribution in [1.29, 1.82) is 0 Å². The van der Waals surface area contributed by atoms with Gasteiger partial charge in [0.1, 0.15) is 5.82 Å². The molecule has 0 atom stereocenters. The van der Waals surface area contributed by atoms with Gasteiger partial charge in [0.25, 0.3) is 0 Å². The first kappa shape index (κ1) is 36.8. The van der Waals surface area contributed by atoms with Crippen LogP contribution >= 0.6 is 0 Å². The molecular formula is C34H35F6N7Pt. The summed E-state index contributed by atoms with van der Waals surface area (Å²) in [5.41, 5.74) is 0.362. The summed E-state index contributed by atoms with van der Waals surface area (Å²) in [6, 6.07) is 12.1. The average molecular weight is 851 g/mol. The molecule has 0 spiro atoms. The molecule has 4 heterocycles. The molecule has 5 rings (SSSR count). The number of pyridine rings is 1. The number of hydrazone groups is 1. The Morgan fingerprint density at radius 2 is 1.52 bits per heavy atom. The van der Waals surface area contributed by atoms with Crippen molar-refractivity contribution in [3.05, 3.63) is 107 Å². The molecule has 0 aliphatic carbocycles. The molecule has 0 N–H and O–H groups in total. The first-order valence-electron chi connectivity index (χ1n) is 14.8. The number of aliphatic imine (C=N–C) groups is 1. The monoisotopic (exact) mass is 850 g/mol. The minimum atomic E-state index is -4.65. The molecule has 2 aliphatic rings. The Kier molecular flexibility index (Phi) is 10.1. The van der Waals surface area contributed by atoms with Gasteiger partial charge in [-0.3, -0.25) is 9.47 Å². The smallest absolute Gasteiger partial charge is 0.267 e. The van der Waals surface area contributed by atoms with Crippen LogP contribution in [-0.4, -0.2) is 32.1 Å². The predicted molar refractivity (Wildman–Crippen MR) is 170 cm³/mol. The predicted octanol–water partition coefficient (Wildman–Crippen LogP) is 7.74. The second-order valence-corrected chi connectivity index (χ2v) is 13.3. The van der Waals surface area contributed by atoms with E-state index in [-0.39, 0.29) is 43.2 Å². The number of allylic oxidation sites excluding steroid dienone is 4. The molecule has 2 aliphatic heterocycles. The quantitative estimate of drug-likeness (QED) is 0.154. The van der Waals surface area contributed by atoms with Crippen LogP contribution in [0.15, 0.2) is 88.9 Å². The van der Waals surface area contributed by atoms with E-state index >= 15 is 0 Å². The van der Waals surface area contributed by atoms with Gasteiger partial charge < -0.3 is 0 Å². The second kappa shape index (κ2) is 13.1. The molecule has 0 fully saturated rings. The SMILES string of the molecule is Cn1c(N(C2=CCC=CC(n3ccc(C(F)(F)F)n3)=N2)c2cc(C(C)(C)C)cc(C(C)(C)C)c2)ccc/c1=[N+]1/[C-]=CC(C(F)(F)F)=N1.[Pt]. The summed E-state index contributed by atoms with van der Waals surface area (Å²) in [6.07, 6.45) is 0.823. The van der Waals surface area contributed by atoms with E-state index in [0.717, 1.165) is 32.6 Å². The second-order valence-electron chi connectivity index (χ2n) is 13.3. The molecule has 0 saturated carbocycles. The van der Waals surface area contributed by atoms with Crippen molar-refractivity contribution in [1.82, 2.24) is 19.0 Å².